The van der Waals surface area contributed by atoms with Gasteiger partial charge in [0.25, 0.3) is 0 Å². The Bertz CT molecular complexity index is 775. The summed E-state index contributed by atoms with van der Waals surface area (Å²) >= 11 is 6.16. The van der Waals surface area contributed by atoms with Gasteiger partial charge in [0.2, 0.25) is 5.43 Å². The largest absolute Gasteiger partial charge is 0.465 e. The van der Waals surface area contributed by atoms with Crippen LogP contribution in [0.4, 0.5) is 0 Å². The van der Waals surface area contributed by atoms with Crippen LogP contribution in [0.15, 0.2) is 23.1 Å². The number of halogens is 1. The van der Waals surface area contributed by atoms with Gasteiger partial charge in [-0.2, -0.15) is 0 Å². The molecule has 0 unspecified atom stereocenters. The fourth-order valence-corrected chi connectivity index (χ4v) is 2.65. The Kier molecular flexibility index (Phi) is 3.05. The molecule has 0 atom stereocenters. The molecule has 5 heteroatoms. The minimum Gasteiger partial charge on any atom is -0.465 e. The molecule has 1 aliphatic rings. The fraction of sp³-hybridized carbons (Fsp3) is 0.333. The monoisotopic (exact) mass is 291 g/mol. The van der Waals surface area contributed by atoms with Crippen LogP contribution in [0.25, 0.3) is 10.9 Å². The van der Waals surface area contributed by atoms with E-state index in [0.717, 1.165) is 23.9 Å². The molecular weight excluding hydrogens is 278 g/mol. The number of methoxy groups -OCH3 is 1. The molecule has 1 heterocycles. The first-order valence-electron chi connectivity index (χ1n) is 6.47. The SMILES string of the molecule is COC(=O)c1cn(C2CC2)c2c(C)c(Cl)ccc2c1=O. The standard InChI is InChI=1S/C15H14ClNO3/c1-8-12(16)6-5-10-13(8)17(9-3-4-9)7-11(14(10)18)15(19)20-2/h5-7,9H,3-4H2,1-2H3. The molecule has 4 nitrogen and oxygen atoms in total. The number of pyridine rings is 1. The van der Waals surface area contributed by atoms with E-state index in [1.54, 1.807) is 18.3 Å². The second kappa shape index (κ2) is 4.63. The van der Waals surface area contributed by atoms with Crippen LogP contribution in [0.1, 0.15) is 34.8 Å². The predicted molar refractivity (Wildman–Crippen MR) is 77.6 cm³/mol. The predicted octanol–water partition coefficient (Wildman–Crippen LogP) is 3.08. The van der Waals surface area contributed by atoms with Gasteiger partial charge in [0.1, 0.15) is 5.56 Å². The molecule has 0 amide bonds. The van der Waals surface area contributed by atoms with E-state index in [-0.39, 0.29) is 11.0 Å². The Morgan fingerprint density at radius 3 is 2.70 bits per heavy atom. The van der Waals surface area contributed by atoms with Crippen LogP contribution in [-0.2, 0) is 4.74 Å². The Morgan fingerprint density at radius 2 is 2.10 bits per heavy atom. The number of carbonyl (C=O) groups excluding carboxylic acids is 1. The van der Waals surface area contributed by atoms with E-state index in [4.69, 9.17) is 16.3 Å². The van der Waals surface area contributed by atoms with Gasteiger partial charge in [-0.1, -0.05) is 11.6 Å². The number of aryl methyl sites for hydroxylation is 1. The molecule has 0 radical (unpaired) electrons. The highest BCUT2D eigenvalue weighted by atomic mass is 35.5. The molecule has 1 aromatic heterocycles. The molecule has 0 spiro atoms. The van der Waals surface area contributed by atoms with Crippen molar-refractivity contribution >= 4 is 28.5 Å². The highest BCUT2D eigenvalue weighted by Gasteiger charge is 2.27. The van der Waals surface area contributed by atoms with Gasteiger partial charge in [0, 0.05) is 22.6 Å². The molecule has 3 rings (SSSR count). The summed E-state index contributed by atoms with van der Waals surface area (Å²) in [4.78, 5) is 24.2. The lowest BCUT2D eigenvalue weighted by Crippen LogP contribution is -2.20. The number of hydrogen-bond acceptors (Lipinski definition) is 3. The Balaban J connectivity index is 2.43. The van der Waals surface area contributed by atoms with Gasteiger partial charge in [0.05, 0.1) is 12.6 Å². The molecule has 2 aromatic rings. The first kappa shape index (κ1) is 13.2. The summed E-state index contributed by atoms with van der Waals surface area (Å²) < 4.78 is 6.69. The summed E-state index contributed by atoms with van der Waals surface area (Å²) in [5, 5.41) is 1.14. The molecule has 104 valence electrons. The molecule has 0 saturated heterocycles. The van der Waals surface area contributed by atoms with Gasteiger partial charge in [-0.3, -0.25) is 4.79 Å². The number of benzene rings is 1. The van der Waals surface area contributed by atoms with Crippen LogP contribution in [0, 0.1) is 6.92 Å². The molecule has 1 aliphatic carbocycles. The smallest absolute Gasteiger partial charge is 0.343 e. The third kappa shape index (κ3) is 1.91. The van der Waals surface area contributed by atoms with E-state index >= 15 is 0 Å². The number of esters is 1. The molecule has 1 saturated carbocycles. The maximum atomic E-state index is 12.4. The van der Waals surface area contributed by atoms with Crippen LogP contribution in [-0.4, -0.2) is 17.6 Å². The van der Waals surface area contributed by atoms with Gasteiger partial charge in [-0.05, 0) is 37.5 Å². The summed E-state index contributed by atoms with van der Waals surface area (Å²) in [6, 6.07) is 3.70. The van der Waals surface area contributed by atoms with Crippen molar-refractivity contribution in [3.8, 4) is 0 Å². The maximum Gasteiger partial charge on any atom is 0.343 e. The van der Waals surface area contributed by atoms with Gasteiger partial charge in [0.15, 0.2) is 0 Å². The van der Waals surface area contributed by atoms with Crippen LogP contribution in [0.5, 0.6) is 0 Å². The van der Waals surface area contributed by atoms with Crippen molar-refractivity contribution in [2.75, 3.05) is 7.11 Å². The first-order chi connectivity index (χ1) is 9.54. The van der Waals surface area contributed by atoms with Crippen molar-refractivity contribution in [3.63, 3.8) is 0 Å². The molecule has 1 aromatic carbocycles. The minimum atomic E-state index is -0.598. The average Bonchev–Trinajstić information content (AvgIpc) is 3.27. The summed E-state index contributed by atoms with van der Waals surface area (Å²) in [6.45, 7) is 1.89. The van der Waals surface area contributed by atoms with Gasteiger partial charge in [-0.25, -0.2) is 4.79 Å². The van der Waals surface area contributed by atoms with Gasteiger partial charge >= 0.3 is 5.97 Å². The number of aromatic nitrogens is 1. The molecular formula is C15H14ClNO3. The van der Waals surface area contributed by atoms with Crippen LogP contribution in [0.2, 0.25) is 5.02 Å². The van der Waals surface area contributed by atoms with Gasteiger partial charge in [-0.15, -0.1) is 0 Å². The lowest BCUT2D eigenvalue weighted by atomic mass is 10.1. The van der Waals surface area contributed by atoms with E-state index in [9.17, 15) is 9.59 Å². The zero-order chi connectivity index (χ0) is 14.4. The van der Waals surface area contributed by atoms with Crippen LogP contribution < -0.4 is 5.43 Å². The quantitative estimate of drug-likeness (QED) is 0.799. The topological polar surface area (TPSA) is 48.3 Å². The van der Waals surface area contributed by atoms with Crippen molar-refractivity contribution in [1.82, 2.24) is 4.57 Å². The molecule has 0 bridgehead atoms. The van der Waals surface area contributed by atoms with Gasteiger partial charge < -0.3 is 9.30 Å². The zero-order valence-corrected chi connectivity index (χ0v) is 12.0. The van der Waals surface area contributed by atoms with Crippen LogP contribution >= 0.6 is 11.6 Å². The normalized spacial score (nSPS) is 14.6. The average molecular weight is 292 g/mol. The van der Waals surface area contributed by atoms with E-state index < -0.39 is 5.97 Å². The summed E-state index contributed by atoms with van der Waals surface area (Å²) in [7, 11) is 1.28. The lowest BCUT2D eigenvalue weighted by Gasteiger charge is -2.14. The third-order valence-corrected chi connectivity index (χ3v) is 4.14. The first-order valence-corrected chi connectivity index (χ1v) is 6.84. The number of nitrogens with zero attached hydrogens (tertiary/aromatic N) is 1. The Labute approximate surface area is 120 Å². The van der Waals surface area contributed by atoms with Crippen molar-refractivity contribution in [2.45, 2.75) is 25.8 Å². The number of carbonyl (C=O) groups is 1. The molecule has 0 aliphatic heterocycles. The van der Waals surface area contributed by atoms with E-state index in [2.05, 4.69) is 0 Å². The van der Waals surface area contributed by atoms with E-state index in [1.165, 1.54) is 7.11 Å². The van der Waals surface area contributed by atoms with Crippen LogP contribution in [0.3, 0.4) is 0 Å². The maximum absolute atomic E-state index is 12.4. The van der Waals surface area contributed by atoms with E-state index in [1.807, 2.05) is 11.5 Å². The highest BCUT2D eigenvalue weighted by Crippen LogP contribution is 2.38. The lowest BCUT2D eigenvalue weighted by molar-refractivity contribution is 0.0598. The number of hydrogen-bond donors (Lipinski definition) is 0. The number of ether oxygens (including phenoxy) is 1. The summed E-state index contributed by atoms with van der Waals surface area (Å²) in [5.41, 5.74) is 1.46. The summed E-state index contributed by atoms with van der Waals surface area (Å²) in [6.07, 6.45) is 3.70. The van der Waals surface area contributed by atoms with E-state index in [0.29, 0.717) is 16.5 Å². The van der Waals surface area contributed by atoms with Crippen molar-refractivity contribution in [1.29, 1.82) is 0 Å². The Hall–Kier alpha value is -1.81. The zero-order valence-electron chi connectivity index (χ0n) is 11.3. The second-order valence-electron chi connectivity index (χ2n) is 5.07. The number of fused-ring (bicyclic) bond motifs is 1. The summed E-state index contributed by atoms with van der Waals surface area (Å²) in [5.74, 6) is -0.598. The second-order valence-corrected chi connectivity index (χ2v) is 5.48. The molecule has 1 fully saturated rings. The third-order valence-electron chi connectivity index (χ3n) is 3.73. The molecule has 20 heavy (non-hydrogen) atoms. The minimum absolute atomic E-state index is 0.0774. The Morgan fingerprint density at radius 1 is 1.40 bits per heavy atom. The van der Waals surface area contributed by atoms with Crippen molar-refractivity contribution in [2.24, 2.45) is 0 Å². The highest BCUT2D eigenvalue weighted by molar-refractivity contribution is 6.32. The number of rotatable bonds is 2. The van der Waals surface area contributed by atoms with Crippen molar-refractivity contribution < 1.29 is 9.53 Å². The molecule has 0 N–H and O–H groups in total. The van der Waals surface area contributed by atoms with Crippen molar-refractivity contribution in [3.05, 3.63) is 44.7 Å². The fourth-order valence-electron chi connectivity index (χ4n) is 2.49.